The van der Waals surface area contributed by atoms with Crippen LogP contribution in [0.15, 0.2) is 28.6 Å². The molecule has 0 fully saturated rings. The van der Waals surface area contributed by atoms with Crippen molar-refractivity contribution in [1.82, 2.24) is 4.98 Å². The molecule has 2 N–H and O–H groups in total. The van der Waals surface area contributed by atoms with Gasteiger partial charge in [0.2, 0.25) is 0 Å². The van der Waals surface area contributed by atoms with Crippen LogP contribution >= 0.6 is 11.3 Å². The number of halogens is 1. The van der Waals surface area contributed by atoms with Gasteiger partial charge in [-0.3, -0.25) is 4.72 Å². The molecule has 6 nitrogen and oxygen atoms in total. The van der Waals surface area contributed by atoms with Crippen molar-refractivity contribution in [1.29, 1.82) is 0 Å². The lowest BCUT2D eigenvalue weighted by molar-refractivity contribution is 0.0701. The molecule has 2 rings (SSSR count). The first-order valence-electron chi connectivity index (χ1n) is 5.28. The van der Waals surface area contributed by atoms with E-state index in [0.29, 0.717) is 16.9 Å². The molecule has 9 heteroatoms. The molecule has 0 aliphatic heterocycles. The maximum absolute atomic E-state index is 12.7. The Morgan fingerprint density at radius 2 is 2.15 bits per heavy atom. The van der Waals surface area contributed by atoms with Crippen molar-refractivity contribution in [3.8, 4) is 0 Å². The number of carboxylic acids is 1. The van der Waals surface area contributed by atoms with E-state index in [1.165, 1.54) is 19.1 Å². The molecular weight excluding hydrogens is 307 g/mol. The van der Waals surface area contributed by atoms with E-state index in [1.807, 2.05) is 0 Å². The van der Waals surface area contributed by atoms with Crippen LogP contribution in [0.1, 0.15) is 15.2 Å². The zero-order valence-electron chi connectivity index (χ0n) is 10.1. The number of rotatable bonds is 4. The Hall–Kier alpha value is -2.00. The molecule has 2 heterocycles. The van der Waals surface area contributed by atoms with Gasteiger partial charge in [-0.1, -0.05) is 0 Å². The lowest BCUT2D eigenvalue weighted by Crippen LogP contribution is -2.12. The number of aromatic nitrogens is 1. The number of pyridine rings is 1. The summed E-state index contributed by atoms with van der Waals surface area (Å²) in [4.78, 5) is 14.4. The summed E-state index contributed by atoms with van der Waals surface area (Å²) < 4.78 is 38.8. The van der Waals surface area contributed by atoms with Gasteiger partial charge in [0.25, 0.3) is 10.0 Å². The highest BCUT2D eigenvalue weighted by Gasteiger charge is 2.22. The summed E-state index contributed by atoms with van der Waals surface area (Å²) in [6, 6.07) is 3.50. The van der Waals surface area contributed by atoms with Gasteiger partial charge in [-0.2, -0.15) is 0 Å². The van der Waals surface area contributed by atoms with Gasteiger partial charge in [0.15, 0.2) is 0 Å². The molecule has 0 saturated carbocycles. The van der Waals surface area contributed by atoms with E-state index < -0.39 is 21.8 Å². The molecule has 0 unspecified atom stereocenters. The van der Waals surface area contributed by atoms with Crippen molar-refractivity contribution in [2.24, 2.45) is 0 Å². The summed E-state index contributed by atoms with van der Waals surface area (Å²) in [5, 5.41) is 8.91. The normalized spacial score (nSPS) is 11.3. The number of carbonyl (C=O) groups is 1. The fraction of sp³-hybridized carbons (Fsp3) is 0.0909. The summed E-state index contributed by atoms with van der Waals surface area (Å²) in [7, 11) is -3.94. The second-order valence-electron chi connectivity index (χ2n) is 3.85. The van der Waals surface area contributed by atoms with Crippen LogP contribution in [-0.4, -0.2) is 24.5 Å². The van der Waals surface area contributed by atoms with Crippen molar-refractivity contribution in [3.63, 3.8) is 0 Å². The zero-order chi connectivity index (χ0) is 14.9. The first-order chi connectivity index (χ1) is 9.29. The van der Waals surface area contributed by atoms with Crippen LogP contribution in [0.3, 0.4) is 0 Å². The number of aromatic carboxylic acids is 1. The van der Waals surface area contributed by atoms with Crippen LogP contribution in [0, 0.1) is 12.7 Å². The maximum atomic E-state index is 12.7. The third-order valence-electron chi connectivity index (χ3n) is 2.32. The Kier molecular flexibility index (Phi) is 3.73. The van der Waals surface area contributed by atoms with Crippen molar-refractivity contribution >= 4 is 33.1 Å². The fourth-order valence-electron chi connectivity index (χ4n) is 1.42. The number of anilines is 1. The summed E-state index contributed by atoms with van der Waals surface area (Å²) >= 11 is 0.645. The Morgan fingerprint density at radius 1 is 1.45 bits per heavy atom. The molecule has 0 atom stereocenters. The van der Waals surface area contributed by atoms with Gasteiger partial charge in [0, 0.05) is 0 Å². The standard InChI is InChI=1S/C11H9FN2O4S2/c1-6-4-9(19-10(6)11(15)16)20(17,18)14-8-3-2-7(12)5-13-8/h2-5H,1H3,(H,13,14)(H,15,16). The number of sulfonamides is 1. The molecule has 0 amide bonds. The van der Waals surface area contributed by atoms with Crippen LogP contribution < -0.4 is 4.72 Å². The van der Waals surface area contributed by atoms with E-state index >= 15 is 0 Å². The molecule has 20 heavy (non-hydrogen) atoms. The smallest absolute Gasteiger partial charge is 0.346 e. The van der Waals surface area contributed by atoms with Crippen LogP contribution in [0.25, 0.3) is 0 Å². The predicted octanol–water partition coefficient (Wildman–Crippen LogP) is 2.09. The molecule has 2 aromatic heterocycles. The molecular formula is C11H9FN2O4S2. The highest BCUT2D eigenvalue weighted by atomic mass is 32.2. The Bertz CT molecular complexity index is 753. The van der Waals surface area contributed by atoms with Gasteiger partial charge in [-0.05, 0) is 30.7 Å². The second kappa shape index (κ2) is 5.17. The third-order valence-corrected chi connectivity index (χ3v) is 5.37. The van der Waals surface area contributed by atoms with E-state index in [9.17, 15) is 17.6 Å². The molecule has 0 radical (unpaired) electrons. The lowest BCUT2D eigenvalue weighted by Gasteiger charge is -2.04. The van der Waals surface area contributed by atoms with E-state index in [0.717, 1.165) is 12.3 Å². The third kappa shape index (κ3) is 2.94. The molecule has 0 aliphatic rings. The van der Waals surface area contributed by atoms with E-state index in [4.69, 9.17) is 5.11 Å². The number of carboxylic acid groups (broad SMARTS) is 1. The highest BCUT2D eigenvalue weighted by Crippen LogP contribution is 2.27. The molecule has 0 bridgehead atoms. The number of nitrogens with one attached hydrogen (secondary N) is 1. The molecule has 106 valence electrons. The topological polar surface area (TPSA) is 96.4 Å². The number of hydrogen-bond donors (Lipinski definition) is 2. The van der Waals surface area contributed by atoms with Gasteiger partial charge in [-0.15, -0.1) is 11.3 Å². The average molecular weight is 316 g/mol. The minimum absolute atomic E-state index is 0.0440. The zero-order valence-corrected chi connectivity index (χ0v) is 11.8. The SMILES string of the molecule is Cc1cc(S(=O)(=O)Nc2ccc(F)cn2)sc1C(=O)O. The van der Waals surface area contributed by atoms with Crippen molar-refractivity contribution in [2.75, 3.05) is 4.72 Å². The van der Waals surface area contributed by atoms with Crippen molar-refractivity contribution in [3.05, 3.63) is 40.7 Å². The Balaban J connectivity index is 2.33. The molecule has 0 saturated heterocycles. The Labute approximate surface area is 118 Å². The predicted molar refractivity (Wildman–Crippen MR) is 71.0 cm³/mol. The lowest BCUT2D eigenvalue weighted by atomic mass is 10.3. The number of hydrogen-bond acceptors (Lipinski definition) is 5. The Morgan fingerprint density at radius 3 is 2.65 bits per heavy atom. The molecule has 0 aromatic carbocycles. The van der Waals surface area contributed by atoms with E-state index in [2.05, 4.69) is 9.71 Å². The van der Waals surface area contributed by atoms with Gasteiger partial charge in [-0.25, -0.2) is 22.6 Å². The maximum Gasteiger partial charge on any atom is 0.346 e. The van der Waals surface area contributed by atoms with Gasteiger partial charge < -0.3 is 5.11 Å². The summed E-state index contributed by atoms with van der Waals surface area (Å²) in [5.74, 6) is -1.82. The molecule has 0 aliphatic carbocycles. The largest absolute Gasteiger partial charge is 0.477 e. The van der Waals surface area contributed by atoms with Crippen LogP contribution in [0.2, 0.25) is 0 Å². The number of thiophene rings is 1. The quantitative estimate of drug-likeness (QED) is 0.900. The summed E-state index contributed by atoms with van der Waals surface area (Å²) in [6.45, 7) is 1.51. The average Bonchev–Trinajstić information content (AvgIpc) is 2.75. The van der Waals surface area contributed by atoms with Crippen LogP contribution in [-0.2, 0) is 10.0 Å². The highest BCUT2D eigenvalue weighted by molar-refractivity contribution is 7.94. The van der Waals surface area contributed by atoms with Crippen LogP contribution in [0.4, 0.5) is 10.2 Å². The summed E-state index contributed by atoms with van der Waals surface area (Å²) in [6.07, 6.45) is 0.875. The van der Waals surface area contributed by atoms with Crippen molar-refractivity contribution in [2.45, 2.75) is 11.1 Å². The number of nitrogens with zero attached hydrogens (tertiary/aromatic N) is 1. The van der Waals surface area contributed by atoms with Gasteiger partial charge in [0.05, 0.1) is 6.20 Å². The van der Waals surface area contributed by atoms with Gasteiger partial charge in [0.1, 0.15) is 20.7 Å². The first-order valence-corrected chi connectivity index (χ1v) is 7.57. The second-order valence-corrected chi connectivity index (χ2v) is 6.81. The van der Waals surface area contributed by atoms with Crippen LogP contribution in [0.5, 0.6) is 0 Å². The fourth-order valence-corrected chi connectivity index (χ4v) is 3.81. The minimum atomic E-state index is -3.94. The van der Waals surface area contributed by atoms with Crippen molar-refractivity contribution < 1.29 is 22.7 Å². The minimum Gasteiger partial charge on any atom is -0.477 e. The molecule has 0 spiro atoms. The van der Waals surface area contributed by atoms with Gasteiger partial charge >= 0.3 is 5.97 Å². The van der Waals surface area contributed by atoms with E-state index in [-0.39, 0.29) is 14.9 Å². The first kappa shape index (κ1) is 14.4. The van der Waals surface area contributed by atoms with E-state index in [1.54, 1.807) is 0 Å². The number of aryl methyl sites for hydroxylation is 1. The summed E-state index contributed by atoms with van der Waals surface area (Å²) in [5.41, 5.74) is 0.356. The monoisotopic (exact) mass is 316 g/mol. The molecule has 2 aromatic rings.